The van der Waals surface area contributed by atoms with Gasteiger partial charge >= 0.3 is 51.4 Å². The standard InChI is InChI=1S/C6H7NO3.K.H/c7-10-5-3-1-2-4(8)6(5)9;;/h1-3,8-9H,7H2;;. The molecule has 0 saturated carbocycles. The van der Waals surface area contributed by atoms with E-state index in [0.717, 1.165) is 0 Å². The van der Waals surface area contributed by atoms with Crippen LogP contribution in [-0.2, 0) is 0 Å². The van der Waals surface area contributed by atoms with Gasteiger partial charge < -0.3 is 15.1 Å². The van der Waals surface area contributed by atoms with Gasteiger partial charge in [0.15, 0.2) is 11.5 Å². The molecule has 0 aliphatic carbocycles. The topological polar surface area (TPSA) is 75.7 Å². The zero-order valence-corrected chi connectivity index (χ0v) is 5.11. The van der Waals surface area contributed by atoms with E-state index >= 15 is 0 Å². The second kappa shape index (κ2) is 4.97. The third kappa shape index (κ3) is 2.62. The van der Waals surface area contributed by atoms with E-state index in [0.29, 0.717) is 0 Å². The molecule has 1 rings (SSSR count). The number of rotatable bonds is 1. The average Bonchev–Trinajstić information content (AvgIpc) is 1.95. The SMILES string of the molecule is NOc1cccc(O)c1O.[KH]. The summed E-state index contributed by atoms with van der Waals surface area (Å²) in [7, 11) is 0. The van der Waals surface area contributed by atoms with Crippen LogP contribution in [0.4, 0.5) is 0 Å². The molecule has 0 spiro atoms. The maximum absolute atomic E-state index is 8.94. The summed E-state index contributed by atoms with van der Waals surface area (Å²) in [5, 5.41) is 17.8. The van der Waals surface area contributed by atoms with Crippen molar-refractivity contribution in [1.82, 2.24) is 0 Å². The van der Waals surface area contributed by atoms with E-state index in [2.05, 4.69) is 4.84 Å². The van der Waals surface area contributed by atoms with Crippen molar-refractivity contribution in [2.45, 2.75) is 0 Å². The minimum absolute atomic E-state index is 0. The predicted molar refractivity (Wildman–Crippen MR) is 41.7 cm³/mol. The first-order chi connectivity index (χ1) is 4.75. The van der Waals surface area contributed by atoms with Crippen molar-refractivity contribution in [3.8, 4) is 17.2 Å². The number of phenolic OH excluding ortho intramolecular Hbond substituents is 2. The molecule has 0 amide bonds. The summed E-state index contributed by atoms with van der Waals surface area (Å²) in [5.74, 6) is 4.21. The van der Waals surface area contributed by atoms with E-state index in [-0.39, 0.29) is 68.6 Å². The molecule has 0 aliphatic rings. The zero-order valence-electron chi connectivity index (χ0n) is 5.11. The molecular weight excluding hydrogens is 173 g/mol. The molecule has 4 N–H and O–H groups in total. The van der Waals surface area contributed by atoms with Gasteiger partial charge in [-0.3, -0.25) is 0 Å². The molecule has 0 fully saturated rings. The van der Waals surface area contributed by atoms with Gasteiger partial charge in [0.25, 0.3) is 0 Å². The maximum atomic E-state index is 8.94. The monoisotopic (exact) mass is 181 g/mol. The quantitative estimate of drug-likeness (QED) is 0.316. The summed E-state index contributed by atoms with van der Waals surface area (Å²) in [4.78, 5) is 4.22. The van der Waals surface area contributed by atoms with Gasteiger partial charge in [-0.15, -0.1) is 0 Å². The summed E-state index contributed by atoms with van der Waals surface area (Å²) in [6, 6.07) is 4.28. The molecule has 0 bridgehead atoms. The number of hydrogen-bond donors (Lipinski definition) is 3. The Bertz CT molecular complexity index is 241. The Hall–Kier alpha value is 0.216. The van der Waals surface area contributed by atoms with Gasteiger partial charge in [-0.05, 0) is 12.1 Å². The van der Waals surface area contributed by atoms with Gasteiger partial charge in [-0.2, -0.15) is 5.90 Å². The Morgan fingerprint density at radius 2 is 1.91 bits per heavy atom. The molecule has 0 heterocycles. The fraction of sp³-hybridized carbons (Fsp3) is 0. The van der Waals surface area contributed by atoms with Gasteiger partial charge in [0, 0.05) is 0 Å². The Labute approximate surface area is 106 Å². The third-order valence-corrected chi connectivity index (χ3v) is 1.10. The molecule has 56 valence electrons. The summed E-state index contributed by atoms with van der Waals surface area (Å²) in [6.07, 6.45) is 0. The van der Waals surface area contributed by atoms with E-state index < -0.39 is 0 Å². The zero-order chi connectivity index (χ0) is 7.56. The summed E-state index contributed by atoms with van der Waals surface area (Å²) < 4.78 is 0. The molecule has 11 heavy (non-hydrogen) atoms. The summed E-state index contributed by atoms with van der Waals surface area (Å²) in [5.41, 5.74) is 0. The molecule has 4 nitrogen and oxygen atoms in total. The van der Waals surface area contributed by atoms with E-state index in [1.165, 1.54) is 18.2 Å². The van der Waals surface area contributed by atoms with E-state index in [1.54, 1.807) is 0 Å². The molecule has 0 unspecified atom stereocenters. The van der Waals surface area contributed by atoms with Gasteiger partial charge in [0.2, 0.25) is 5.75 Å². The van der Waals surface area contributed by atoms with Gasteiger partial charge in [0.1, 0.15) is 0 Å². The number of para-hydroxylation sites is 1. The molecule has 1 aromatic rings. The van der Waals surface area contributed by atoms with Crippen LogP contribution in [0, 0.1) is 0 Å². The van der Waals surface area contributed by atoms with Crippen LogP contribution in [-0.4, -0.2) is 61.6 Å². The minimum atomic E-state index is -0.343. The normalized spacial score (nSPS) is 8.45. The van der Waals surface area contributed by atoms with Crippen molar-refractivity contribution in [2.75, 3.05) is 0 Å². The van der Waals surface area contributed by atoms with Gasteiger partial charge in [-0.25, -0.2) is 0 Å². The van der Waals surface area contributed by atoms with Crippen molar-refractivity contribution < 1.29 is 15.1 Å². The van der Waals surface area contributed by atoms with Crippen molar-refractivity contribution in [1.29, 1.82) is 0 Å². The van der Waals surface area contributed by atoms with E-state index in [4.69, 9.17) is 16.1 Å². The van der Waals surface area contributed by atoms with Crippen LogP contribution in [0.3, 0.4) is 0 Å². The number of benzene rings is 1. The second-order valence-electron chi connectivity index (χ2n) is 1.74. The fourth-order valence-electron chi connectivity index (χ4n) is 0.606. The van der Waals surface area contributed by atoms with Crippen LogP contribution in [0.1, 0.15) is 0 Å². The fourth-order valence-corrected chi connectivity index (χ4v) is 0.606. The Kier molecular flexibility index (Phi) is 5.07. The van der Waals surface area contributed by atoms with E-state index in [9.17, 15) is 0 Å². The molecule has 0 aromatic heterocycles. The first kappa shape index (κ1) is 11.2. The molecule has 5 heteroatoms. The van der Waals surface area contributed by atoms with Gasteiger partial charge in [0.05, 0.1) is 0 Å². The summed E-state index contributed by atoms with van der Waals surface area (Å²) >= 11 is 0. The number of hydrogen-bond acceptors (Lipinski definition) is 4. The second-order valence-corrected chi connectivity index (χ2v) is 1.74. The van der Waals surface area contributed by atoms with E-state index in [1.807, 2.05) is 0 Å². The molecule has 0 radical (unpaired) electrons. The molecule has 0 aliphatic heterocycles. The predicted octanol–water partition coefficient (Wildman–Crippen LogP) is -0.298. The van der Waals surface area contributed by atoms with Crippen LogP contribution in [0.15, 0.2) is 18.2 Å². The van der Waals surface area contributed by atoms with Crippen molar-refractivity contribution >= 4 is 51.4 Å². The molecule has 0 atom stereocenters. The first-order valence-electron chi connectivity index (χ1n) is 2.63. The number of nitrogens with two attached hydrogens (primary N) is 1. The molecule has 0 saturated heterocycles. The van der Waals surface area contributed by atoms with Crippen molar-refractivity contribution in [2.24, 2.45) is 5.90 Å². The Balaban J connectivity index is 0.000001000. The number of aromatic hydroxyl groups is 2. The van der Waals surface area contributed by atoms with Crippen LogP contribution >= 0.6 is 0 Å². The molecular formula is C6H8KNO3. The van der Waals surface area contributed by atoms with Crippen LogP contribution in [0.5, 0.6) is 17.2 Å². The Morgan fingerprint density at radius 3 is 2.36 bits per heavy atom. The summed E-state index contributed by atoms with van der Waals surface area (Å²) in [6.45, 7) is 0. The third-order valence-electron chi connectivity index (χ3n) is 1.10. The van der Waals surface area contributed by atoms with Crippen molar-refractivity contribution in [3.63, 3.8) is 0 Å². The van der Waals surface area contributed by atoms with Crippen LogP contribution < -0.4 is 10.7 Å². The first-order valence-corrected chi connectivity index (χ1v) is 2.63. The Morgan fingerprint density at radius 1 is 1.27 bits per heavy atom. The average molecular weight is 181 g/mol. The van der Waals surface area contributed by atoms with Crippen molar-refractivity contribution in [3.05, 3.63) is 18.2 Å². The van der Waals surface area contributed by atoms with Crippen LogP contribution in [0.25, 0.3) is 0 Å². The molecule has 1 aromatic carbocycles. The van der Waals surface area contributed by atoms with Crippen LogP contribution in [0.2, 0.25) is 0 Å². The van der Waals surface area contributed by atoms with Gasteiger partial charge in [-0.1, -0.05) is 6.07 Å². The number of phenols is 2.